The van der Waals surface area contributed by atoms with E-state index in [4.69, 9.17) is 11.6 Å². The van der Waals surface area contributed by atoms with Gasteiger partial charge in [-0.1, -0.05) is 19.9 Å². The van der Waals surface area contributed by atoms with Gasteiger partial charge < -0.3 is 0 Å². The average Bonchev–Trinajstić information content (AvgIpc) is 2.03. The van der Waals surface area contributed by atoms with Crippen molar-refractivity contribution in [3.8, 4) is 0 Å². The summed E-state index contributed by atoms with van der Waals surface area (Å²) in [7, 11) is 0. The summed E-state index contributed by atoms with van der Waals surface area (Å²) in [6, 6.07) is 3.42. The molecule has 71 valence electrons. The maximum absolute atomic E-state index is 13.1. The third-order valence-corrected chi connectivity index (χ3v) is 2.41. The highest BCUT2D eigenvalue weighted by Gasteiger charge is 2.16. The van der Waals surface area contributed by atoms with Crippen LogP contribution in [0.1, 0.15) is 24.8 Å². The number of hydrogen-bond donors (Lipinski definition) is 0. The summed E-state index contributed by atoms with van der Waals surface area (Å²) in [5.74, 6) is -0.299. The Morgan fingerprint density at radius 1 is 1.31 bits per heavy atom. The van der Waals surface area contributed by atoms with Crippen molar-refractivity contribution in [3.63, 3.8) is 0 Å². The van der Waals surface area contributed by atoms with Gasteiger partial charge in [0, 0.05) is 11.6 Å². The van der Waals surface area contributed by atoms with Gasteiger partial charge in [0.15, 0.2) is 0 Å². The zero-order valence-electron chi connectivity index (χ0n) is 7.44. The molecule has 0 saturated carbocycles. The van der Waals surface area contributed by atoms with E-state index in [0.717, 1.165) is 12.0 Å². The maximum Gasteiger partial charge on any atom is 0.130 e. The minimum absolute atomic E-state index is 0.322. The van der Waals surface area contributed by atoms with Crippen LogP contribution in [0.5, 0.6) is 0 Å². The molecular weight excluding hydrogens is 194 g/mol. The smallest absolute Gasteiger partial charge is 0.130 e. The van der Waals surface area contributed by atoms with Crippen molar-refractivity contribution in [2.24, 2.45) is 0 Å². The van der Waals surface area contributed by atoms with Crippen molar-refractivity contribution in [3.05, 3.63) is 41.3 Å². The second-order valence-corrected chi connectivity index (χ2v) is 3.54. The number of hydrogen-bond acceptors (Lipinski definition) is 0. The monoisotopic (exact) mass is 203 g/mol. The Labute approximate surface area is 81.5 Å². The van der Waals surface area contributed by atoms with Crippen LogP contribution < -0.4 is 0 Å². The van der Waals surface area contributed by atoms with Gasteiger partial charge in [-0.2, -0.15) is 0 Å². The molecule has 1 radical (unpaired) electrons. The molecule has 3 heteroatoms. The lowest BCUT2D eigenvalue weighted by molar-refractivity contribution is 0.570. The van der Waals surface area contributed by atoms with Crippen LogP contribution in [0.3, 0.4) is 0 Å². The standard InChI is InChI=1S/C10H10ClF2/c1-6(2)10(11)8-4-3-7(12)5-9(8)13/h3-5,10H,1-2H3. The van der Waals surface area contributed by atoms with Crippen molar-refractivity contribution in [1.82, 2.24) is 0 Å². The van der Waals surface area contributed by atoms with Gasteiger partial charge in [0.25, 0.3) is 0 Å². The molecule has 1 unspecified atom stereocenters. The van der Waals surface area contributed by atoms with E-state index in [2.05, 4.69) is 0 Å². The van der Waals surface area contributed by atoms with E-state index in [1.165, 1.54) is 12.1 Å². The molecule has 0 aromatic heterocycles. The van der Waals surface area contributed by atoms with Crippen LogP contribution >= 0.6 is 11.6 Å². The molecule has 0 nitrogen and oxygen atoms in total. The van der Waals surface area contributed by atoms with Gasteiger partial charge in [0.05, 0.1) is 5.38 Å². The Hall–Kier alpha value is -0.630. The normalized spacial score (nSPS) is 13.4. The van der Waals surface area contributed by atoms with Crippen LogP contribution in [0, 0.1) is 17.6 Å². The van der Waals surface area contributed by atoms with E-state index in [1.54, 1.807) is 13.8 Å². The molecule has 0 fully saturated rings. The van der Waals surface area contributed by atoms with Gasteiger partial charge >= 0.3 is 0 Å². The van der Waals surface area contributed by atoms with Crippen LogP contribution in [0.15, 0.2) is 18.2 Å². The first-order chi connectivity index (χ1) is 6.02. The lowest BCUT2D eigenvalue weighted by atomic mass is 10.0. The fourth-order valence-corrected chi connectivity index (χ4v) is 1.20. The minimum atomic E-state index is -0.596. The van der Waals surface area contributed by atoms with Crippen molar-refractivity contribution in [2.45, 2.75) is 19.2 Å². The summed E-state index contributed by atoms with van der Waals surface area (Å²) in [6.45, 7) is 3.61. The third kappa shape index (κ3) is 2.41. The zero-order valence-corrected chi connectivity index (χ0v) is 8.20. The summed E-state index contributed by atoms with van der Waals surface area (Å²) in [5, 5.41) is -0.486. The van der Waals surface area contributed by atoms with Gasteiger partial charge in [-0.05, 0) is 12.0 Å². The third-order valence-electron chi connectivity index (χ3n) is 1.74. The van der Waals surface area contributed by atoms with Crippen molar-refractivity contribution in [2.75, 3.05) is 0 Å². The molecule has 13 heavy (non-hydrogen) atoms. The van der Waals surface area contributed by atoms with Crippen LogP contribution in [-0.4, -0.2) is 0 Å². The average molecular weight is 204 g/mol. The zero-order chi connectivity index (χ0) is 10.0. The fraction of sp³-hybridized carbons (Fsp3) is 0.300. The second kappa shape index (κ2) is 4.05. The molecule has 0 amide bonds. The van der Waals surface area contributed by atoms with E-state index in [-0.39, 0.29) is 0 Å². The van der Waals surface area contributed by atoms with Gasteiger partial charge in [0.2, 0.25) is 0 Å². The van der Waals surface area contributed by atoms with E-state index < -0.39 is 17.0 Å². The highest BCUT2D eigenvalue weighted by molar-refractivity contribution is 6.22. The van der Waals surface area contributed by atoms with Crippen LogP contribution in [-0.2, 0) is 0 Å². The summed E-state index contributed by atoms with van der Waals surface area (Å²) in [5.41, 5.74) is 0.322. The van der Waals surface area contributed by atoms with Crippen molar-refractivity contribution >= 4 is 11.6 Å². The molecule has 0 heterocycles. The molecule has 1 rings (SSSR count). The van der Waals surface area contributed by atoms with E-state index >= 15 is 0 Å². The summed E-state index contributed by atoms with van der Waals surface area (Å²) in [4.78, 5) is 0. The topological polar surface area (TPSA) is 0 Å². The van der Waals surface area contributed by atoms with E-state index in [1.807, 2.05) is 0 Å². The lowest BCUT2D eigenvalue weighted by Crippen LogP contribution is -2.00. The van der Waals surface area contributed by atoms with Gasteiger partial charge in [-0.3, -0.25) is 0 Å². The Kier molecular flexibility index (Phi) is 3.26. The molecule has 0 aliphatic rings. The number of alkyl halides is 1. The predicted octanol–water partition coefficient (Wildman–Crippen LogP) is 3.86. The van der Waals surface area contributed by atoms with Gasteiger partial charge in [0.1, 0.15) is 11.6 Å². The number of rotatable bonds is 2. The SMILES string of the molecule is C[C](C)C(Cl)c1ccc(F)cc1F. The highest BCUT2D eigenvalue weighted by atomic mass is 35.5. The largest absolute Gasteiger partial charge is 0.207 e. The summed E-state index contributed by atoms with van der Waals surface area (Å²) >= 11 is 5.90. The van der Waals surface area contributed by atoms with Gasteiger partial charge in [-0.15, -0.1) is 11.6 Å². The predicted molar refractivity (Wildman–Crippen MR) is 49.5 cm³/mol. The molecule has 0 saturated heterocycles. The first-order valence-electron chi connectivity index (χ1n) is 3.91. The van der Waals surface area contributed by atoms with Crippen LogP contribution in [0.2, 0.25) is 0 Å². The van der Waals surface area contributed by atoms with Crippen molar-refractivity contribution in [1.29, 1.82) is 0 Å². The van der Waals surface area contributed by atoms with E-state index in [9.17, 15) is 8.78 Å². The molecule has 0 N–H and O–H groups in total. The maximum atomic E-state index is 13.1. The molecule has 1 aromatic carbocycles. The minimum Gasteiger partial charge on any atom is -0.207 e. The first-order valence-corrected chi connectivity index (χ1v) is 4.35. The Bertz CT molecular complexity index is 297. The fourth-order valence-electron chi connectivity index (χ4n) is 1.02. The highest BCUT2D eigenvalue weighted by Crippen LogP contribution is 2.31. The number of benzene rings is 1. The second-order valence-electron chi connectivity index (χ2n) is 3.11. The molecule has 0 spiro atoms. The van der Waals surface area contributed by atoms with Crippen molar-refractivity contribution < 1.29 is 8.78 Å². The van der Waals surface area contributed by atoms with Gasteiger partial charge in [-0.25, -0.2) is 8.78 Å². The number of halogens is 3. The Morgan fingerprint density at radius 3 is 2.38 bits per heavy atom. The molecular formula is C10H10ClF2. The Morgan fingerprint density at radius 2 is 1.92 bits per heavy atom. The Balaban J connectivity index is 3.01. The van der Waals surface area contributed by atoms with Crippen LogP contribution in [0.25, 0.3) is 0 Å². The molecule has 0 aliphatic heterocycles. The van der Waals surface area contributed by atoms with Crippen LogP contribution in [0.4, 0.5) is 8.78 Å². The quantitative estimate of drug-likeness (QED) is 0.641. The molecule has 0 bridgehead atoms. The molecule has 1 atom stereocenters. The summed E-state index contributed by atoms with van der Waals surface area (Å²) < 4.78 is 25.6. The summed E-state index contributed by atoms with van der Waals surface area (Å²) in [6.07, 6.45) is 0. The lowest BCUT2D eigenvalue weighted by Gasteiger charge is -2.13. The molecule has 0 aliphatic carbocycles. The van der Waals surface area contributed by atoms with E-state index in [0.29, 0.717) is 5.56 Å². The molecule has 1 aromatic rings. The first kappa shape index (κ1) is 10.5.